The van der Waals surface area contributed by atoms with Gasteiger partial charge in [0.15, 0.2) is 11.2 Å². The van der Waals surface area contributed by atoms with E-state index in [1.807, 2.05) is 34.6 Å². The number of esters is 3. The van der Waals surface area contributed by atoms with Crippen LogP contribution in [0.15, 0.2) is 23.0 Å². The number of methoxy groups -OCH3 is 2. The molecular weight excluding hydrogens is 476 g/mol. The summed E-state index contributed by atoms with van der Waals surface area (Å²) < 4.78 is 23.1. The maximum Gasteiger partial charge on any atom is 0.321 e. The van der Waals surface area contributed by atoms with Gasteiger partial charge in [0.05, 0.1) is 25.0 Å². The molecule has 37 heavy (non-hydrogen) atoms. The van der Waals surface area contributed by atoms with Crippen LogP contribution in [0.3, 0.4) is 0 Å². The monoisotopic (exact) mass is 514 g/mol. The van der Waals surface area contributed by atoms with E-state index in [9.17, 15) is 19.2 Å². The SMILES string of the molecule is COC(=O)[C@@]12C(=O)C(C)=C(OC)[C@]1(C)C(C)=CC1[C@]34CC[C@H](OC(C)=O)C(C)(C)C3[C@H](C[C@@]12C)OC4=O. The van der Waals surface area contributed by atoms with Gasteiger partial charge in [0.25, 0.3) is 0 Å². The summed E-state index contributed by atoms with van der Waals surface area (Å²) in [6, 6.07) is 0. The van der Waals surface area contributed by atoms with E-state index in [1.54, 1.807) is 6.92 Å². The highest BCUT2D eigenvalue weighted by Crippen LogP contribution is 2.79. The van der Waals surface area contributed by atoms with Gasteiger partial charge in [-0.15, -0.1) is 0 Å². The smallest absolute Gasteiger partial charge is 0.321 e. The standard InChI is InChI=1S/C29H38O8/c1-14-12-18-26(6,29(24(33)35-9)21(31)15(2)22(34-8)27(14,29)7)13-17-20-25(4,5)19(36-16(3)30)10-11-28(18,20)23(32)37-17/h12,17-20H,10-11,13H2,1-9H3/t17-,18?,19-,20?,26-,27-,28+,29+/m0/s1. The van der Waals surface area contributed by atoms with Crippen LogP contribution < -0.4 is 0 Å². The summed E-state index contributed by atoms with van der Waals surface area (Å²) in [5.41, 5.74) is -4.01. The van der Waals surface area contributed by atoms with Gasteiger partial charge in [0.1, 0.15) is 18.0 Å². The molecule has 5 aliphatic rings. The van der Waals surface area contributed by atoms with Crippen molar-refractivity contribution < 1.29 is 38.1 Å². The van der Waals surface area contributed by atoms with E-state index in [-0.39, 0.29) is 29.7 Å². The molecule has 2 bridgehead atoms. The molecule has 8 nitrogen and oxygen atoms in total. The number of carbonyl (C=O) groups excluding carboxylic acids is 4. The number of rotatable bonds is 3. The Bertz CT molecular complexity index is 1190. The van der Waals surface area contributed by atoms with Gasteiger partial charge in [0.2, 0.25) is 0 Å². The number of ether oxygens (including phenoxy) is 4. The van der Waals surface area contributed by atoms with Gasteiger partial charge in [-0.05, 0) is 40.0 Å². The molecule has 2 unspecified atom stereocenters. The quantitative estimate of drug-likeness (QED) is 0.242. The lowest BCUT2D eigenvalue weighted by Gasteiger charge is -2.66. The predicted molar refractivity (Wildman–Crippen MR) is 132 cm³/mol. The average molecular weight is 515 g/mol. The molecule has 2 saturated carbocycles. The third-order valence-electron chi connectivity index (χ3n) is 11.2. The van der Waals surface area contributed by atoms with Crippen LogP contribution in [0.1, 0.15) is 67.7 Å². The van der Waals surface area contributed by atoms with Crippen LogP contribution in [-0.2, 0) is 38.1 Å². The summed E-state index contributed by atoms with van der Waals surface area (Å²) >= 11 is 0. The highest BCUT2D eigenvalue weighted by Gasteiger charge is 2.85. The lowest BCUT2D eigenvalue weighted by Crippen LogP contribution is -2.71. The zero-order chi connectivity index (χ0) is 27.5. The van der Waals surface area contributed by atoms with E-state index >= 15 is 0 Å². The van der Waals surface area contributed by atoms with Crippen LogP contribution in [0.2, 0.25) is 0 Å². The molecule has 3 fully saturated rings. The van der Waals surface area contributed by atoms with Crippen molar-refractivity contribution in [1.29, 1.82) is 0 Å². The Morgan fingerprint density at radius 2 is 1.73 bits per heavy atom. The van der Waals surface area contributed by atoms with Gasteiger partial charge in [-0.2, -0.15) is 0 Å². The molecule has 0 N–H and O–H groups in total. The number of Topliss-reactive ketones (excluding diaryl/α,β-unsaturated/α-hetero) is 1. The number of carbonyl (C=O) groups is 4. The predicted octanol–water partition coefficient (Wildman–Crippen LogP) is 3.92. The molecule has 8 heteroatoms. The van der Waals surface area contributed by atoms with Gasteiger partial charge in [-0.25, -0.2) is 0 Å². The number of fused-ring (bicyclic) bond motifs is 3. The summed E-state index contributed by atoms with van der Waals surface area (Å²) in [6.45, 7) is 12.9. The largest absolute Gasteiger partial charge is 0.500 e. The first kappa shape index (κ1) is 26.0. The van der Waals surface area contributed by atoms with E-state index < -0.39 is 45.1 Å². The first-order chi connectivity index (χ1) is 17.1. The second-order valence-corrected chi connectivity index (χ2v) is 12.7. The van der Waals surface area contributed by atoms with Gasteiger partial charge in [-0.1, -0.05) is 32.4 Å². The van der Waals surface area contributed by atoms with Crippen molar-refractivity contribution in [1.82, 2.24) is 0 Å². The number of allylic oxidation sites excluding steroid dienone is 3. The minimum atomic E-state index is -1.62. The Hall–Kier alpha value is -2.64. The van der Waals surface area contributed by atoms with Crippen LogP contribution in [-0.4, -0.2) is 50.1 Å². The Balaban J connectivity index is 1.80. The van der Waals surface area contributed by atoms with E-state index in [4.69, 9.17) is 18.9 Å². The molecule has 0 amide bonds. The van der Waals surface area contributed by atoms with Crippen LogP contribution >= 0.6 is 0 Å². The van der Waals surface area contributed by atoms with Gasteiger partial charge < -0.3 is 18.9 Å². The van der Waals surface area contributed by atoms with Crippen molar-refractivity contribution in [2.45, 2.75) is 79.9 Å². The maximum atomic E-state index is 14.4. The molecule has 0 aromatic carbocycles. The minimum absolute atomic E-state index is 0.251. The van der Waals surface area contributed by atoms with Gasteiger partial charge in [-0.3, -0.25) is 19.2 Å². The molecule has 1 saturated heterocycles. The van der Waals surface area contributed by atoms with E-state index in [0.717, 1.165) is 5.57 Å². The fourth-order valence-corrected chi connectivity index (χ4v) is 9.91. The molecule has 0 aromatic heterocycles. The zero-order valence-corrected chi connectivity index (χ0v) is 23.3. The lowest BCUT2D eigenvalue weighted by atomic mass is 9.33. The fraction of sp³-hybridized carbons (Fsp3) is 0.724. The third-order valence-corrected chi connectivity index (χ3v) is 11.2. The number of ketones is 1. The van der Waals surface area contributed by atoms with Crippen LogP contribution in [0.25, 0.3) is 0 Å². The van der Waals surface area contributed by atoms with Gasteiger partial charge in [0, 0.05) is 35.2 Å². The molecule has 0 spiro atoms. The van der Waals surface area contributed by atoms with E-state index in [0.29, 0.717) is 30.6 Å². The average Bonchev–Trinajstić information content (AvgIpc) is 3.16. The second kappa shape index (κ2) is 7.48. The van der Waals surface area contributed by atoms with Crippen molar-refractivity contribution in [2.24, 2.45) is 38.9 Å². The maximum absolute atomic E-state index is 14.4. The highest BCUT2D eigenvalue weighted by atomic mass is 16.6. The summed E-state index contributed by atoms with van der Waals surface area (Å²) in [4.78, 5) is 54.2. The van der Waals surface area contributed by atoms with Crippen molar-refractivity contribution in [3.05, 3.63) is 23.0 Å². The van der Waals surface area contributed by atoms with Gasteiger partial charge >= 0.3 is 17.9 Å². The number of hydrogen-bond acceptors (Lipinski definition) is 8. The van der Waals surface area contributed by atoms with Crippen molar-refractivity contribution in [2.75, 3.05) is 14.2 Å². The molecule has 4 aliphatic carbocycles. The molecule has 5 rings (SSSR count). The Labute approximate surface area is 218 Å². The number of hydrogen-bond donors (Lipinski definition) is 0. The summed E-state index contributed by atoms with van der Waals surface area (Å²) in [5, 5.41) is 0. The normalized spacial score (nSPS) is 45.3. The second-order valence-electron chi connectivity index (χ2n) is 12.7. The fourth-order valence-electron chi connectivity index (χ4n) is 9.91. The molecular formula is C29H38O8. The highest BCUT2D eigenvalue weighted by molar-refractivity contribution is 6.17. The summed E-state index contributed by atoms with van der Waals surface area (Å²) in [7, 11) is 2.84. The van der Waals surface area contributed by atoms with Crippen molar-refractivity contribution in [3.8, 4) is 0 Å². The van der Waals surface area contributed by atoms with Crippen LogP contribution in [0.5, 0.6) is 0 Å². The molecule has 8 atom stereocenters. The first-order valence-electron chi connectivity index (χ1n) is 13.1. The van der Waals surface area contributed by atoms with Crippen molar-refractivity contribution >= 4 is 23.7 Å². The zero-order valence-electron chi connectivity index (χ0n) is 23.3. The minimum Gasteiger partial charge on any atom is -0.500 e. The molecule has 0 radical (unpaired) electrons. The summed E-state index contributed by atoms with van der Waals surface area (Å²) in [6.07, 6.45) is 2.42. The molecule has 0 aromatic rings. The van der Waals surface area contributed by atoms with Crippen LogP contribution in [0.4, 0.5) is 0 Å². The molecule has 1 aliphatic heterocycles. The van der Waals surface area contributed by atoms with Crippen molar-refractivity contribution in [3.63, 3.8) is 0 Å². The topological polar surface area (TPSA) is 105 Å². The Morgan fingerprint density at radius 3 is 2.30 bits per heavy atom. The Morgan fingerprint density at radius 1 is 1.08 bits per heavy atom. The lowest BCUT2D eigenvalue weighted by molar-refractivity contribution is -0.216. The summed E-state index contributed by atoms with van der Waals surface area (Å²) in [5.74, 6) is -1.81. The van der Waals surface area contributed by atoms with Crippen LogP contribution in [0, 0.1) is 38.9 Å². The van der Waals surface area contributed by atoms with E-state index in [2.05, 4.69) is 6.08 Å². The molecule has 1 heterocycles. The Kier molecular flexibility index (Phi) is 5.25. The third kappa shape index (κ3) is 2.51. The van der Waals surface area contributed by atoms with E-state index in [1.165, 1.54) is 21.1 Å². The first-order valence-corrected chi connectivity index (χ1v) is 13.1. The molecule has 202 valence electrons.